The summed E-state index contributed by atoms with van der Waals surface area (Å²) in [4.78, 5) is 10.5. The van der Waals surface area contributed by atoms with Crippen LogP contribution in [0.4, 0.5) is 0 Å². The van der Waals surface area contributed by atoms with E-state index in [1.165, 1.54) is 70.6 Å². The third-order valence-electron chi connectivity index (χ3n) is 3.68. The normalized spacial score (nSPS) is 9.96. The van der Waals surface area contributed by atoms with E-state index in [1.807, 2.05) is 0 Å². The highest BCUT2D eigenvalue weighted by Gasteiger charge is 1.94. The van der Waals surface area contributed by atoms with Crippen LogP contribution in [0.2, 0.25) is 0 Å². The molecule has 0 heterocycles. The standard InChI is InChI=1S/C18H35NO.CH5N3.ClH/c1-2-3-4-5-6-7-8-9-10-11-12-13-14-15-16-17-18(19)20;2-1(3)4;/h9-10H,2-8,11-17H2,1H3,(H2,19,20);(H5,2,3,4);1H/b10-9-;;. The molecule has 0 aliphatic heterocycles. The molecule has 1 amide bonds. The van der Waals surface area contributed by atoms with Crippen LogP contribution in [0.1, 0.15) is 96.8 Å². The molecule has 0 aliphatic carbocycles. The molecule has 0 bridgehead atoms. The predicted molar refractivity (Wildman–Crippen MR) is 112 cm³/mol. The molecule has 7 N–H and O–H groups in total. The van der Waals surface area contributed by atoms with Crippen LogP contribution in [0, 0.1) is 5.41 Å². The summed E-state index contributed by atoms with van der Waals surface area (Å²) in [6.07, 6.45) is 21.9. The zero-order valence-corrected chi connectivity index (χ0v) is 16.9. The van der Waals surface area contributed by atoms with Crippen LogP contribution in [-0.4, -0.2) is 11.9 Å². The number of nitrogens with one attached hydrogen (secondary N) is 1. The number of carbonyl (C=O) groups excluding carboxylic acids is 1. The molecule has 0 rings (SSSR count). The van der Waals surface area contributed by atoms with Crippen LogP contribution in [-0.2, 0) is 4.79 Å². The number of hydrogen-bond acceptors (Lipinski definition) is 2. The van der Waals surface area contributed by atoms with Crippen molar-refractivity contribution in [3.05, 3.63) is 12.2 Å². The number of guanidine groups is 1. The number of hydrogen-bond donors (Lipinski definition) is 4. The number of rotatable bonds is 15. The highest BCUT2D eigenvalue weighted by atomic mass is 35.5. The second kappa shape index (κ2) is 25.0. The van der Waals surface area contributed by atoms with E-state index in [0.717, 1.165) is 12.8 Å². The fourth-order valence-corrected chi connectivity index (χ4v) is 2.37. The van der Waals surface area contributed by atoms with E-state index in [-0.39, 0.29) is 24.3 Å². The van der Waals surface area contributed by atoms with Crippen molar-refractivity contribution < 1.29 is 4.79 Å². The summed E-state index contributed by atoms with van der Waals surface area (Å²) in [6.45, 7) is 2.26. The summed E-state index contributed by atoms with van der Waals surface area (Å²) >= 11 is 0. The summed E-state index contributed by atoms with van der Waals surface area (Å²) in [7, 11) is 0. The molecule has 0 saturated heterocycles. The molecular formula is C19H41ClN4O. The van der Waals surface area contributed by atoms with Crippen LogP contribution in [0.15, 0.2) is 12.2 Å². The van der Waals surface area contributed by atoms with Crippen molar-refractivity contribution in [2.45, 2.75) is 96.8 Å². The molecule has 0 fully saturated rings. The van der Waals surface area contributed by atoms with E-state index >= 15 is 0 Å². The van der Waals surface area contributed by atoms with E-state index in [1.54, 1.807) is 0 Å². The van der Waals surface area contributed by atoms with E-state index in [4.69, 9.17) is 11.1 Å². The van der Waals surface area contributed by atoms with Crippen molar-refractivity contribution in [3.63, 3.8) is 0 Å². The maximum absolute atomic E-state index is 10.5. The van der Waals surface area contributed by atoms with Gasteiger partial charge in [-0.25, -0.2) is 0 Å². The van der Waals surface area contributed by atoms with Crippen molar-refractivity contribution in [2.24, 2.45) is 17.2 Å². The van der Waals surface area contributed by atoms with Gasteiger partial charge in [0.25, 0.3) is 0 Å². The Balaban J connectivity index is -0.000000867. The van der Waals surface area contributed by atoms with Gasteiger partial charge in [0.1, 0.15) is 0 Å². The Hall–Kier alpha value is -1.23. The second-order valence-electron chi connectivity index (χ2n) is 6.26. The Bertz CT molecular complexity index is 319. The topological polar surface area (TPSA) is 119 Å². The van der Waals surface area contributed by atoms with Crippen molar-refractivity contribution in [2.75, 3.05) is 0 Å². The lowest BCUT2D eigenvalue weighted by molar-refractivity contribution is -0.118. The first-order chi connectivity index (χ1) is 11.5. The zero-order valence-electron chi connectivity index (χ0n) is 16.1. The average molecular weight is 377 g/mol. The van der Waals surface area contributed by atoms with Crippen molar-refractivity contribution in [3.8, 4) is 0 Å². The fourth-order valence-electron chi connectivity index (χ4n) is 2.37. The summed E-state index contributed by atoms with van der Waals surface area (Å²) < 4.78 is 0. The van der Waals surface area contributed by atoms with Gasteiger partial charge in [-0.15, -0.1) is 12.4 Å². The number of amides is 1. The number of unbranched alkanes of at least 4 members (excludes halogenated alkanes) is 11. The van der Waals surface area contributed by atoms with E-state index in [2.05, 4.69) is 30.5 Å². The summed E-state index contributed by atoms with van der Waals surface area (Å²) in [5.74, 6) is -0.498. The summed E-state index contributed by atoms with van der Waals surface area (Å²) in [5.41, 5.74) is 14.0. The zero-order chi connectivity index (χ0) is 18.5. The largest absolute Gasteiger partial charge is 0.370 e. The van der Waals surface area contributed by atoms with Gasteiger partial charge in [-0.05, 0) is 32.1 Å². The van der Waals surface area contributed by atoms with E-state index in [0.29, 0.717) is 6.42 Å². The van der Waals surface area contributed by atoms with Crippen LogP contribution in [0.3, 0.4) is 0 Å². The molecule has 0 unspecified atom stereocenters. The molecular weight excluding hydrogens is 336 g/mol. The molecule has 0 spiro atoms. The molecule has 5 nitrogen and oxygen atoms in total. The Morgan fingerprint density at radius 1 is 0.760 bits per heavy atom. The Morgan fingerprint density at radius 3 is 1.52 bits per heavy atom. The molecule has 0 radical (unpaired) electrons. The van der Waals surface area contributed by atoms with Gasteiger partial charge in [0.05, 0.1) is 0 Å². The second-order valence-corrected chi connectivity index (χ2v) is 6.26. The molecule has 0 aliphatic rings. The Kier molecular flexibility index (Phi) is 28.6. The Labute approximate surface area is 161 Å². The minimum Gasteiger partial charge on any atom is -0.370 e. The maximum atomic E-state index is 10.5. The number of primary amides is 1. The third kappa shape index (κ3) is 39.5. The fraction of sp³-hybridized carbons (Fsp3) is 0.789. The van der Waals surface area contributed by atoms with Crippen molar-refractivity contribution >= 4 is 24.3 Å². The van der Waals surface area contributed by atoms with Gasteiger partial charge in [-0.1, -0.05) is 70.4 Å². The molecule has 25 heavy (non-hydrogen) atoms. The predicted octanol–water partition coefficient (Wildman–Crippen LogP) is 4.77. The van der Waals surface area contributed by atoms with Crippen molar-refractivity contribution in [1.82, 2.24) is 0 Å². The van der Waals surface area contributed by atoms with Gasteiger partial charge in [0, 0.05) is 6.42 Å². The average Bonchev–Trinajstić information content (AvgIpc) is 2.50. The third-order valence-corrected chi connectivity index (χ3v) is 3.68. The van der Waals surface area contributed by atoms with Crippen molar-refractivity contribution in [1.29, 1.82) is 5.41 Å². The van der Waals surface area contributed by atoms with E-state index in [9.17, 15) is 4.79 Å². The molecule has 150 valence electrons. The van der Waals surface area contributed by atoms with E-state index < -0.39 is 0 Å². The van der Waals surface area contributed by atoms with Crippen LogP contribution in [0.5, 0.6) is 0 Å². The monoisotopic (exact) mass is 376 g/mol. The molecule has 0 aromatic carbocycles. The lowest BCUT2D eigenvalue weighted by Crippen LogP contribution is -2.20. The maximum Gasteiger partial charge on any atom is 0.217 e. The van der Waals surface area contributed by atoms with Gasteiger partial charge < -0.3 is 17.2 Å². The molecule has 0 atom stereocenters. The number of allylic oxidation sites excluding steroid dienone is 2. The molecule has 0 aromatic heterocycles. The first kappa shape index (κ1) is 28.6. The SMILES string of the molecule is CCCCCCCC/C=C\CCCCCCCC(N)=O.Cl.N=C(N)N. The number of nitrogens with two attached hydrogens (primary N) is 3. The lowest BCUT2D eigenvalue weighted by atomic mass is 10.1. The number of carbonyl (C=O) groups is 1. The van der Waals surface area contributed by atoms with Gasteiger partial charge in [-0.2, -0.15) is 0 Å². The Morgan fingerprint density at radius 2 is 1.12 bits per heavy atom. The molecule has 0 aromatic rings. The van der Waals surface area contributed by atoms with Gasteiger partial charge >= 0.3 is 0 Å². The van der Waals surface area contributed by atoms with Gasteiger partial charge in [0.15, 0.2) is 5.96 Å². The minimum atomic E-state index is -0.333. The van der Waals surface area contributed by atoms with Crippen LogP contribution < -0.4 is 17.2 Å². The molecule has 6 heteroatoms. The molecule has 0 saturated carbocycles. The van der Waals surface area contributed by atoms with Gasteiger partial charge in [-0.3, -0.25) is 10.2 Å². The highest BCUT2D eigenvalue weighted by Crippen LogP contribution is 2.09. The van der Waals surface area contributed by atoms with Crippen LogP contribution in [0.25, 0.3) is 0 Å². The van der Waals surface area contributed by atoms with Crippen LogP contribution >= 0.6 is 12.4 Å². The minimum absolute atomic E-state index is 0. The first-order valence-electron chi connectivity index (χ1n) is 9.53. The smallest absolute Gasteiger partial charge is 0.217 e. The summed E-state index contributed by atoms with van der Waals surface area (Å²) in [6, 6.07) is 0. The first-order valence-corrected chi connectivity index (χ1v) is 9.53. The highest BCUT2D eigenvalue weighted by molar-refractivity contribution is 5.85. The van der Waals surface area contributed by atoms with Gasteiger partial charge in [0.2, 0.25) is 5.91 Å². The lowest BCUT2D eigenvalue weighted by Gasteiger charge is -1.99. The summed E-state index contributed by atoms with van der Waals surface area (Å²) in [5, 5.41) is 6.06. The quantitative estimate of drug-likeness (QED) is 0.142. The number of halogens is 1.